The summed E-state index contributed by atoms with van der Waals surface area (Å²) in [6.07, 6.45) is 3.68. The largest absolute Gasteiger partial charge is 0.480 e. The lowest BCUT2D eigenvalue weighted by atomic mass is 10.0. The molecule has 1 amide bonds. The smallest absolute Gasteiger partial charge is 0.326 e. The molecule has 1 unspecified atom stereocenters. The normalized spacial score (nSPS) is 14.1. The summed E-state index contributed by atoms with van der Waals surface area (Å²) >= 11 is 0. The molecule has 0 aromatic rings. The van der Waals surface area contributed by atoms with Gasteiger partial charge in [-0.05, 0) is 25.8 Å². The van der Waals surface area contributed by atoms with Gasteiger partial charge >= 0.3 is 5.97 Å². The van der Waals surface area contributed by atoms with Crippen molar-refractivity contribution in [1.29, 1.82) is 0 Å². The number of amides is 1. The molecule has 0 aromatic carbocycles. The second-order valence-electron chi connectivity index (χ2n) is 4.37. The number of carbonyl (C=O) groups is 2. The lowest BCUT2D eigenvalue weighted by molar-refractivity contribution is -0.142. The fourth-order valence-corrected chi connectivity index (χ4v) is 1.53. The Hall–Kier alpha value is -1.10. The number of carbonyl (C=O) groups excluding carboxylic acids is 1. The van der Waals surface area contributed by atoms with E-state index in [2.05, 4.69) is 5.32 Å². The number of nitrogens with one attached hydrogen (secondary N) is 1. The molecule has 0 aliphatic heterocycles. The predicted molar refractivity (Wildman–Crippen MR) is 66.5 cm³/mol. The molecule has 0 aliphatic carbocycles. The Morgan fingerprint density at radius 2 is 1.94 bits per heavy atom. The van der Waals surface area contributed by atoms with E-state index in [1.54, 1.807) is 6.92 Å². The first-order valence-corrected chi connectivity index (χ1v) is 6.26. The number of aliphatic carboxylic acids is 1. The highest BCUT2D eigenvalue weighted by Crippen LogP contribution is 2.07. The second kappa shape index (κ2) is 8.98. The molecule has 5 nitrogen and oxygen atoms in total. The number of rotatable bonds is 9. The Morgan fingerprint density at radius 1 is 1.29 bits per heavy atom. The van der Waals surface area contributed by atoms with Crippen molar-refractivity contribution in [3.05, 3.63) is 0 Å². The van der Waals surface area contributed by atoms with Gasteiger partial charge in [-0.3, -0.25) is 4.79 Å². The molecule has 0 spiro atoms. The van der Waals surface area contributed by atoms with Gasteiger partial charge in [0.2, 0.25) is 5.91 Å². The molecular formula is C12H24N2O3. The van der Waals surface area contributed by atoms with Crippen LogP contribution in [0, 0.1) is 5.92 Å². The van der Waals surface area contributed by atoms with Gasteiger partial charge in [-0.15, -0.1) is 0 Å². The Bertz CT molecular complexity index is 244. The molecule has 0 radical (unpaired) electrons. The summed E-state index contributed by atoms with van der Waals surface area (Å²) in [4.78, 5) is 22.7. The van der Waals surface area contributed by atoms with Gasteiger partial charge in [0, 0.05) is 5.92 Å². The molecule has 0 saturated heterocycles. The molecule has 0 aromatic heterocycles. The Kier molecular flexibility index (Phi) is 8.40. The molecule has 100 valence electrons. The van der Waals surface area contributed by atoms with Crippen LogP contribution in [-0.4, -0.2) is 29.6 Å². The molecule has 0 aliphatic rings. The first-order valence-electron chi connectivity index (χ1n) is 6.26. The van der Waals surface area contributed by atoms with Gasteiger partial charge in [-0.25, -0.2) is 4.79 Å². The lowest BCUT2D eigenvalue weighted by Gasteiger charge is -2.17. The first-order chi connectivity index (χ1) is 8.02. The van der Waals surface area contributed by atoms with E-state index in [0.29, 0.717) is 19.4 Å². The molecule has 0 heterocycles. The van der Waals surface area contributed by atoms with Crippen molar-refractivity contribution in [2.24, 2.45) is 11.7 Å². The number of nitrogens with two attached hydrogens (primary N) is 1. The van der Waals surface area contributed by atoms with E-state index < -0.39 is 12.0 Å². The van der Waals surface area contributed by atoms with E-state index in [-0.39, 0.29) is 11.8 Å². The van der Waals surface area contributed by atoms with Crippen molar-refractivity contribution < 1.29 is 14.7 Å². The zero-order chi connectivity index (χ0) is 13.3. The first kappa shape index (κ1) is 15.9. The highest BCUT2D eigenvalue weighted by molar-refractivity contribution is 5.84. The van der Waals surface area contributed by atoms with Gasteiger partial charge in [0.1, 0.15) is 6.04 Å². The van der Waals surface area contributed by atoms with Crippen LogP contribution >= 0.6 is 0 Å². The summed E-state index contributed by atoms with van der Waals surface area (Å²) < 4.78 is 0. The summed E-state index contributed by atoms with van der Waals surface area (Å²) in [5, 5.41) is 11.6. The van der Waals surface area contributed by atoms with Crippen LogP contribution in [0.5, 0.6) is 0 Å². The van der Waals surface area contributed by atoms with Crippen LogP contribution in [0.4, 0.5) is 0 Å². The van der Waals surface area contributed by atoms with E-state index >= 15 is 0 Å². The summed E-state index contributed by atoms with van der Waals surface area (Å²) in [6, 6.07) is -0.761. The van der Waals surface area contributed by atoms with E-state index in [9.17, 15) is 9.59 Å². The van der Waals surface area contributed by atoms with Gasteiger partial charge < -0.3 is 16.2 Å². The van der Waals surface area contributed by atoms with E-state index in [1.807, 2.05) is 6.92 Å². The van der Waals surface area contributed by atoms with Crippen molar-refractivity contribution in [2.75, 3.05) is 6.54 Å². The van der Waals surface area contributed by atoms with Gasteiger partial charge in [-0.1, -0.05) is 26.7 Å². The number of hydrogen-bond donors (Lipinski definition) is 3. The van der Waals surface area contributed by atoms with Crippen molar-refractivity contribution in [3.63, 3.8) is 0 Å². The van der Waals surface area contributed by atoms with Crippen LogP contribution in [0.3, 0.4) is 0 Å². The van der Waals surface area contributed by atoms with Gasteiger partial charge in [0.15, 0.2) is 0 Å². The maximum Gasteiger partial charge on any atom is 0.326 e. The fourth-order valence-electron chi connectivity index (χ4n) is 1.53. The maximum atomic E-state index is 11.7. The minimum Gasteiger partial charge on any atom is -0.480 e. The van der Waals surface area contributed by atoms with Crippen LogP contribution in [-0.2, 0) is 9.59 Å². The van der Waals surface area contributed by atoms with E-state index in [1.165, 1.54) is 0 Å². The fraction of sp³-hybridized carbons (Fsp3) is 0.833. The third-order valence-electron chi connectivity index (χ3n) is 2.75. The number of carboxylic acids is 1. The second-order valence-corrected chi connectivity index (χ2v) is 4.37. The molecule has 4 N–H and O–H groups in total. The molecule has 0 bridgehead atoms. The Morgan fingerprint density at radius 3 is 2.41 bits per heavy atom. The third kappa shape index (κ3) is 6.94. The number of hydrogen-bond acceptors (Lipinski definition) is 3. The summed E-state index contributed by atoms with van der Waals surface area (Å²) in [6.45, 7) is 4.34. The highest BCUT2D eigenvalue weighted by Gasteiger charge is 2.21. The monoisotopic (exact) mass is 244 g/mol. The summed E-state index contributed by atoms with van der Waals surface area (Å²) in [5.41, 5.74) is 5.37. The molecule has 17 heavy (non-hydrogen) atoms. The maximum absolute atomic E-state index is 11.7. The van der Waals surface area contributed by atoms with Crippen LogP contribution in [0.2, 0.25) is 0 Å². The molecule has 0 fully saturated rings. The van der Waals surface area contributed by atoms with Crippen molar-refractivity contribution in [2.45, 2.75) is 52.0 Å². The standard InChI is InChI=1S/C12H24N2O3/c1-3-4-7-10(12(16)17)14-11(15)9(2)6-5-8-13/h9-10H,3-8,13H2,1-2H3,(H,14,15)(H,16,17)/t9?,10-/m0/s1. The summed E-state index contributed by atoms with van der Waals surface area (Å²) in [7, 11) is 0. The zero-order valence-electron chi connectivity index (χ0n) is 10.7. The third-order valence-corrected chi connectivity index (χ3v) is 2.75. The number of unbranched alkanes of at least 4 members (excludes halogenated alkanes) is 1. The SMILES string of the molecule is CCCC[C@H](NC(=O)C(C)CCCN)C(=O)O. The molecule has 5 heteroatoms. The van der Waals surface area contributed by atoms with Crippen molar-refractivity contribution in [3.8, 4) is 0 Å². The Labute approximate surface area is 103 Å². The minimum atomic E-state index is -0.960. The van der Waals surface area contributed by atoms with Gasteiger partial charge in [0.05, 0.1) is 0 Å². The number of carboxylic acid groups (broad SMARTS) is 1. The van der Waals surface area contributed by atoms with E-state index in [0.717, 1.165) is 19.3 Å². The summed E-state index contributed by atoms with van der Waals surface area (Å²) in [5.74, 6) is -1.33. The van der Waals surface area contributed by atoms with Crippen LogP contribution in [0.25, 0.3) is 0 Å². The molecule has 0 saturated carbocycles. The Balaban J connectivity index is 4.15. The van der Waals surface area contributed by atoms with Gasteiger partial charge in [0.25, 0.3) is 0 Å². The predicted octanol–water partition coefficient (Wildman–Crippen LogP) is 1.12. The van der Waals surface area contributed by atoms with Gasteiger partial charge in [-0.2, -0.15) is 0 Å². The molecule has 2 atom stereocenters. The zero-order valence-corrected chi connectivity index (χ0v) is 10.7. The molecular weight excluding hydrogens is 220 g/mol. The topological polar surface area (TPSA) is 92.4 Å². The average molecular weight is 244 g/mol. The van der Waals surface area contributed by atoms with Crippen LogP contribution in [0.15, 0.2) is 0 Å². The lowest BCUT2D eigenvalue weighted by Crippen LogP contribution is -2.43. The van der Waals surface area contributed by atoms with Crippen molar-refractivity contribution >= 4 is 11.9 Å². The van der Waals surface area contributed by atoms with Crippen molar-refractivity contribution in [1.82, 2.24) is 5.32 Å². The minimum absolute atomic E-state index is 0.179. The highest BCUT2D eigenvalue weighted by atomic mass is 16.4. The quantitative estimate of drug-likeness (QED) is 0.566. The molecule has 0 rings (SSSR count). The average Bonchev–Trinajstić information content (AvgIpc) is 2.30. The van der Waals surface area contributed by atoms with Crippen LogP contribution in [0.1, 0.15) is 46.0 Å². The van der Waals surface area contributed by atoms with E-state index in [4.69, 9.17) is 10.8 Å². The van der Waals surface area contributed by atoms with Crippen LogP contribution < -0.4 is 11.1 Å².